The third kappa shape index (κ3) is 4.84. The summed E-state index contributed by atoms with van der Waals surface area (Å²) in [5, 5.41) is 2.65. The molecular formula is C19H17F3N4O4S2. The number of hydrogen-bond donors (Lipinski definition) is 1. The number of nitrogens with zero attached hydrogens (tertiary/aromatic N) is 3. The highest BCUT2D eigenvalue weighted by molar-refractivity contribution is 7.89. The molecule has 0 spiro atoms. The minimum atomic E-state index is -4.79. The molecule has 1 N–H and O–H groups in total. The molecule has 2 aromatic carbocycles. The summed E-state index contributed by atoms with van der Waals surface area (Å²) < 4.78 is 76.1. The molecule has 1 aromatic heterocycles. The number of alkyl halides is 3. The van der Waals surface area contributed by atoms with E-state index >= 15 is 0 Å². The second-order valence-electron chi connectivity index (χ2n) is 7.13. The number of ether oxygens (including phenoxy) is 1. The lowest BCUT2D eigenvalue weighted by Gasteiger charge is -2.30. The number of nitrogens with one attached hydrogen (secondary N) is 1. The number of rotatable bonds is 5. The van der Waals surface area contributed by atoms with E-state index in [1.54, 1.807) is 12.1 Å². The molecule has 1 aliphatic rings. The monoisotopic (exact) mass is 486 g/mol. The Balaban J connectivity index is 1.37. The molecule has 0 aliphatic carbocycles. The molecule has 1 amide bonds. The number of fused-ring (bicyclic) bond motifs is 1. The highest BCUT2D eigenvalue weighted by Gasteiger charge is 2.34. The third-order valence-electron chi connectivity index (χ3n) is 5.05. The topological polar surface area (TPSA) is 101 Å². The van der Waals surface area contributed by atoms with E-state index in [1.807, 2.05) is 0 Å². The van der Waals surface area contributed by atoms with Crippen molar-refractivity contribution in [3.63, 3.8) is 0 Å². The molecule has 0 bridgehead atoms. The average molecular weight is 486 g/mol. The number of piperidine rings is 1. The first kappa shape index (κ1) is 22.4. The Hall–Kier alpha value is -2.77. The van der Waals surface area contributed by atoms with Gasteiger partial charge < -0.3 is 10.1 Å². The lowest BCUT2D eigenvalue weighted by Crippen LogP contribution is -2.41. The second-order valence-corrected chi connectivity index (χ2v) is 9.56. The van der Waals surface area contributed by atoms with Gasteiger partial charge in [-0.2, -0.15) is 13.1 Å². The fourth-order valence-electron chi connectivity index (χ4n) is 3.47. The van der Waals surface area contributed by atoms with Crippen molar-refractivity contribution in [3.05, 3.63) is 42.5 Å². The van der Waals surface area contributed by atoms with Crippen molar-refractivity contribution in [2.24, 2.45) is 5.92 Å². The third-order valence-corrected chi connectivity index (χ3v) is 7.52. The van der Waals surface area contributed by atoms with E-state index in [-0.39, 0.29) is 29.6 Å². The first-order valence-corrected chi connectivity index (χ1v) is 11.7. The van der Waals surface area contributed by atoms with Crippen molar-refractivity contribution in [2.45, 2.75) is 24.1 Å². The van der Waals surface area contributed by atoms with Crippen LogP contribution in [-0.4, -0.2) is 46.8 Å². The number of anilines is 1. The molecule has 8 nitrogen and oxygen atoms in total. The molecule has 3 aromatic rings. The maximum absolute atomic E-state index is 13.1. The van der Waals surface area contributed by atoms with Gasteiger partial charge in [-0.15, -0.1) is 13.2 Å². The van der Waals surface area contributed by atoms with Gasteiger partial charge in [-0.1, -0.05) is 6.07 Å². The predicted octanol–water partition coefficient (Wildman–Crippen LogP) is 3.63. The Morgan fingerprint density at radius 2 is 1.78 bits per heavy atom. The molecular weight excluding hydrogens is 469 g/mol. The van der Waals surface area contributed by atoms with Gasteiger partial charge in [0, 0.05) is 24.7 Å². The molecule has 1 fully saturated rings. The number of sulfonamides is 1. The number of carbonyl (C=O) groups is 1. The van der Waals surface area contributed by atoms with Crippen molar-refractivity contribution in [1.29, 1.82) is 0 Å². The van der Waals surface area contributed by atoms with Crippen molar-refractivity contribution < 1.29 is 31.1 Å². The molecule has 4 rings (SSSR count). The van der Waals surface area contributed by atoms with Gasteiger partial charge >= 0.3 is 6.36 Å². The van der Waals surface area contributed by atoms with Crippen LogP contribution in [0.15, 0.2) is 47.4 Å². The smallest absolute Gasteiger partial charge is 0.406 e. The zero-order chi connectivity index (χ0) is 22.9. The summed E-state index contributed by atoms with van der Waals surface area (Å²) in [5.74, 6) is -1.14. The summed E-state index contributed by atoms with van der Waals surface area (Å²) in [6.45, 7) is 0.319. The zero-order valence-electron chi connectivity index (χ0n) is 16.4. The zero-order valence-corrected chi connectivity index (χ0v) is 18.0. The number of carbonyl (C=O) groups excluding carboxylic acids is 1. The summed E-state index contributed by atoms with van der Waals surface area (Å²) >= 11 is 0.939. The van der Waals surface area contributed by atoms with Gasteiger partial charge in [0.25, 0.3) is 0 Å². The molecule has 170 valence electrons. The van der Waals surface area contributed by atoms with E-state index in [1.165, 1.54) is 22.5 Å². The van der Waals surface area contributed by atoms with E-state index in [4.69, 9.17) is 0 Å². The average Bonchev–Trinajstić information content (AvgIpc) is 3.23. The first-order chi connectivity index (χ1) is 15.1. The van der Waals surface area contributed by atoms with Crippen LogP contribution in [0.4, 0.5) is 18.9 Å². The molecule has 0 unspecified atom stereocenters. The molecule has 0 radical (unpaired) electrons. The van der Waals surface area contributed by atoms with E-state index in [0.29, 0.717) is 29.6 Å². The first-order valence-electron chi connectivity index (χ1n) is 9.51. The minimum absolute atomic E-state index is 0.0906. The molecule has 32 heavy (non-hydrogen) atoms. The normalized spacial score (nSPS) is 16.2. The minimum Gasteiger partial charge on any atom is -0.406 e. The Morgan fingerprint density at radius 3 is 2.44 bits per heavy atom. The fourth-order valence-corrected chi connectivity index (χ4v) is 5.69. The summed E-state index contributed by atoms with van der Waals surface area (Å²) in [6, 6.07) is 9.61. The Morgan fingerprint density at radius 1 is 1.09 bits per heavy atom. The van der Waals surface area contributed by atoms with E-state index in [0.717, 1.165) is 23.9 Å². The SMILES string of the molecule is O=C(Nc1ccc(OC(F)(F)F)cc1)C1CCN(S(=O)(=O)c2cccc3nsnc23)CC1. The summed E-state index contributed by atoms with van der Waals surface area (Å²) in [7, 11) is -3.79. The number of benzene rings is 2. The molecule has 0 atom stereocenters. The van der Waals surface area contributed by atoms with Gasteiger partial charge in [0.15, 0.2) is 0 Å². The van der Waals surface area contributed by atoms with E-state index in [2.05, 4.69) is 18.8 Å². The van der Waals surface area contributed by atoms with Crippen LogP contribution in [0.2, 0.25) is 0 Å². The molecule has 13 heteroatoms. The van der Waals surface area contributed by atoms with Gasteiger partial charge in [0.05, 0.1) is 11.7 Å². The lowest BCUT2D eigenvalue weighted by atomic mass is 9.97. The number of halogens is 3. The molecule has 0 saturated carbocycles. The van der Waals surface area contributed by atoms with Crippen LogP contribution in [-0.2, 0) is 14.8 Å². The van der Waals surface area contributed by atoms with E-state index < -0.39 is 22.3 Å². The highest BCUT2D eigenvalue weighted by Crippen LogP contribution is 2.29. The second kappa shape index (κ2) is 8.64. The van der Waals surface area contributed by atoms with Gasteiger partial charge in [-0.05, 0) is 49.2 Å². The Labute approximate surface area is 185 Å². The standard InChI is InChI=1S/C19H17F3N4O4S2/c20-19(21,22)30-14-6-4-13(5-7-14)23-18(27)12-8-10-26(11-9-12)32(28,29)16-3-1-2-15-17(16)25-31-24-15/h1-7,12H,8-11H2,(H,23,27). The summed E-state index contributed by atoms with van der Waals surface area (Å²) in [6.07, 6.45) is -4.17. The van der Waals surface area contributed by atoms with Crippen LogP contribution in [0.3, 0.4) is 0 Å². The van der Waals surface area contributed by atoms with Crippen LogP contribution < -0.4 is 10.1 Å². The quantitative estimate of drug-likeness (QED) is 0.591. The van der Waals surface area contributed by atoms with Crippen LogP contribution >= 0.6 is 11.7 Å². The number of aromatic nitrogens is 2. The lowest BCUT2D eigenvalue weighted by molar-refractivity contribution is -0.274. The maximum Gasteiger partial charge on any atom is 0.573 e. The van der Waals surface area contributed by atoms with Crippen molar-refractivity contribution >= 4 is 44.4 Å². The van der Waals surface area contributed by atoms with Crippen molar-refractivity contribution in [3.8, 4) is 5.75 Å². The fraction of sp³-hybridized carbons (Fsp3) is 0.316. The van der Waals surface area contributed by atoms with Crippen LogP contribution in [0.1, 0.15) is 12.8 Å². The maximum atomic E-state index is 13.1. The molecule has 1 saturated heterocycles. The van der Waals surface area contributed by atoms with Crippen molar-refractivity contribution in [1.82, 2.24) is 13.1 Å². The largest absolute Gasteiger partial charge is 0.573 e. The summed E-state index contributed by atoms with van der Waals surface area (Å²) in [5.41, 5.74) is 1.16. The highest BCUT2D eigenvalue weighted by atomic mass is 32.2. The predicted molar refractivity (Wildman–Crippen MR) is 111 cm³/mol. The van der Waals surface area contributed by atoms with Gasteiger partial charge in [0.2, 0.25) is 15.9 Å². The Bertz CT molecular complexity index is 1220. The Kier molecular flexibility index (Phi) is 6.05. The number of hydrogen-bond acceptors (Lipinski definition) is 7. The van der Waals surface area contributed by atoms with Crippen LogP contribution in [0.5, 0.6) is 5.75 Å². The van der Waals surface area contributed by atoms with Crippen LogP contribution in [0.25, 0.3) is 11.0 Å². The van der Waals surface area contributed by atoms with Crippen LogP contribution in [0, 0.1) is 5.92 Å². The van der Waals surface area contributed by atoms with Gasteiger partial charge in [-0.3, -0.25) is 4.79 Å². The van der Waals surface area contributed by atoms with E-state index in [9.17, 15) is 26.4 Å². The molecule has 1 aliphatic heterocycles. The van der Waals surface area contributed by atoms with Gasteiger partial charge in [0.1, 0.15) is 21.7 Å². The summed E-state index contributed by atoms with van der Waals surface area (Å²) in [4.78, 5) is 12.6. The molecule has 2 heterocycles. The number of amides is 1. The van der Waals surface area contributed by atoms with Gasteiger partial charge in [-0.25, -0.2) is 8.42 Å². The van der Waals surface area contributed by atoms with Crippen molar-refractivity contribution in [2.75, 3.05) is 18.4 Å².